The van der Waals surface area contributed by atoms with Crippen molar-refractivity contribution < 1.29 is 4.79 Å². The van der Waals surface area contributed by atoms with Crippen molar-refractivity contribution in [3.63, 3.8) is 0 Å². The minimum Gasteiger partial charge on any atom is -0.298 e. The van der Waals surface area contributed by atoms with Crippen LogP contribution in [0.3, 0.4) is 0 Å². The third-order valence-corrected chi connectivity index (χ3v) is 5.19. The van der Waals surface area contributed by atoms with Gasteiger partial charge in [0.1, 0.15) is 5.69 Å². The maximum atomic E-state index is 13.0. The first kappa shape index (κ1) is 18.1. The maximum absolute atomic E-state index is 13.0. The number of hydrogen-bond acceptors (Lipinski definition) is 4. The molecular formula is C22H20N4OS. The number of anilines is 1. The molecule has 0 saturated carbocycles. The van der Waals surface area contributed by atoms with E-state index in [-0.39, 0.29) is 5.91 Å². The summed E-state index contributed by atoms with van der Waals surface area (Å²) in [6.45, 7) is 4.60. The van der Waals surface area contributed by atoms with Gasteiger partial charge in [-0.25, -0.2) is 4.98 Å². The normalized spacial score (nSPS) is 10.8. The van der Waals surface area contributed by atoms with Crippen molar-refractivity contribution in [2.75, 3.05) is 5.32 Å². The van der Waals surface area contributed by atoms with Crippen LogP contribution in [0, 0.1) is 13.8 Å². The molecule has 1 N–H and O–H groups in total. The lowest BCUT2D eigenvalue weighted by Crippen LogP contribution is -2.12. The van der Waals surface area contributed by atoms with Crippen LogP contribution in [0.1, 0.15) is 26.4 Å². The zero-order valence-corrected chi connectivity index (χ0v) is 16.5. The number of nitrogens with one attached hydrogen (secondary N) is 1. The first-order chi connectivity index (χ1) is 13.6. The zero-order valence-electron chi connectivity index (χ0n) is 15.7. The molecule has 2 aromatic carbocycles. The molecule has 0 aliphatic carbocycles. The summed E-state index contributed by atoms with van der Waals surface area (Å²) in [5, 5.41) is 8.20. The summed E-state index contributed by atoms with van der Waals surface area (Å²) < 4.78 is 1.81. The monoisotopic (exact) mass is 388 g/mol. The van der Waals surface area contributed by atoms with Crippen LogP contribution in [0.4, 0.5) is 5.13 Å². The summed E-state index contributed by atoms with van der Waals surface area (Å²) >= 11 is 1.45. The Balaban J connectivity index is 1.69. The topological polar surface area (TPSA) is 59.8 Å². The minimum absolute atomic E-state index is 0.204. The number of aryl methyl sites for hydroxylation is 2. The third-order valence-electron chi connectivity index (χ3n) is 4.36. The summed E-state index contributed by atoms with van der Waals surface area (Å²) in [6, 6.07) is 18.1. The Kier molecular flexibility index (Phi) is 5.04. The van der Waals surface area contributed by atoms with Crippen molar-refractivity contribution in [1.82, 2.24) is 14.8 Å². The Morgan fingerprint density at radius 1 is 1.07 bits per heavy atom. The predicted molar refractivity (Wildman–Crippen MR) is 113 cm³/mol. The van der Waals surface area contributed by atoms with Crippen LogP contribution in [-0.2, 0) is 6.54 Å². The maximum Gasteiger partial charge on any atom is 0.261 e. The standard InChI is InChI=1S/C22H20N4OS/c1-15-8-10-18(11-9-15)20-19(21(27)24-22-23-12-16(2)28-22)14-26(25-20)13-17-6-4-3-5-7-17/h3-12,14H,13H2,1-2H3,(H,23,24,27). The van der Waals surface area contributed by atoms with Crippen LogP contribution in [0.5, 0.6) is 0 Å². The van der Waals surface area contributed by atoms with Gasteiger partial charge in [0.25, 0.3) is 5.91 Å². The Morgan fingerprint density at radius 3 is 2.50 bits per heavy atom. The molecule has 0 aliphatic heterocycles. The molecule has 28 heavy (non-hydrogen) atoms. The van der Waals surface area contributed by atoms with Gasteiger partial charge in [0.05, 0.1) is 12.1 Å². The Bertz CT molecular complexity index is 1100. The van der Waals surface area contributed by atoms with Crippen molar-refractivity contribution in [2.45, 2.75) is 20.4 Å². The molecule has 5 nitrogen and oxygen atoms in total. The van der Waals surface area contributed by atoms with Crippen molar-refractivity contribution in [1.29, 1.82) is 0 Å². The highest BCUT2D eigenvalue weighted by Crippen LogP contribution is 2.25. The number of benzene rings is 2. The number of rotatable bonds is 5. The smallest absolute Gasteiger partial charge is 0.261 e. The van der Waals surface area contributed by atoms with Crippen LogP contribution in [0.15, 0.2) is 67.0 Å². The average Bonchev–Trinajstić information content (AvgIpc) is 3.29. The third kappa shape index (κ3) is 4.02. The first-order valence-corrected chi connectivity index (χ1v) is 9.82. The largest absolute Gasteiger partial charge is 0.298 e. The van der Waals surface area contributed by atoms with Crippen LogP contribution in [0.2, 0.25) is 0 Å². The van der Waals surface area contributed by atoms with E-state index >= 15 is 0 Å². The van der Waals surface area contributed by atoms with E-state index in [1.165, 1.54) is 11.3 Å². The zero-order chi connectivity index (χ0) is 19.5. The Labute approximate surface area is 167 Å². The number of hydrogen-bond donors (Lipinski definition) is 1. The lowest BCUT2D eigenvalue weighted by molar-refractivity contribution is 0.102. The van der Waals surface area contributed by atoms with Crippen molar-refractivity contribution in [3.8, 4) is 11.3 Å². The highest BCUT2D eigenvalue weighted by Gasteiger charge is 2.19. The fourth-order valence-electron chi connectivity index (χ4n) is 2.94. The van der Waals surface area contributed by atoms with Gasteiger partial charge in [-0.3, -0.25) is 14.8 Å². The number of carbonyl (C=O) groups is 1. The quantitative estimate of drug-likeness (QED) is 0.528. The second kappa shape index (κ2) is 7.78. The molecule has 0 radical (unpaired) electrons. The van der Waals surface area contributed by atoms with Crippen LogP contribution >= 0.6 is 11.3 Å². The van der Waals surface area contributed by atoms with Gasteiger partial charge in [-0.1, -0.05) is 60.2 Å². The van der Waals surface area contributed by atoms with Gasteiger partial charge in [-0.05, 0) is 19.4 Å². The van der Waals surface area contributed by atoms with Crippen LogP contribution < -0.4 is 5.32 Å². The molecule has 0 unspecified atom stereocenters. The number of aromatic nitrogens is 3. The van der Waals surface area contributed by atoms with E-state index in [0.29, 0.717) is 22.9 Å². The molecule has 4 rings (SSSR count). The molecule has 0 atom stereocenters. The van der Waals surface area contributed by atoms with Gasteiger partial charge in [-0.2, -0.15) is 5.10 Å². The second-order valence-corrected chi connectivity index (χ2v) is 7.91. The predicted octanol–water partition coefficient (Wildman–Crippen LogP) is 4.92. The average molecular weight is 388 g/mol. The lowest BCUT2D eigenvalue weighted by atomic mass is 10.1. The van der Waals surface area contributed by atoms with Crippen LogP contribution in [0.25, 0.3) is 11.3 Å². The van der Waals surface area contributed by atoms with Gasteiger partial charge in [-0.15, -0.1) is 11.3 Å². The molecule has 0 aliphatic rings. The molecule has 2 heterocycles. The van der Waals surface area contributed by atoms with Gasteiger partial charge in [0.2, 0.25) is 0 Å². The molecule has 1 amide bonds. The van der Waals surface area contributed by atoms with Gasteiger partial charge in [0.15, 0.2) is 5.13 Å². The van der Waals surface area contributed by atoms with E-state index in [0.717, 1.165) is 21.6 Å². The molecule has 4 aromatic rings. The minimum atomic E-state index is -0.204. The van der Waals surface area contributed by atoms with Gasteiger partial charge >= 0.3 is 0 Å². The summed E-state index contributed by atoms with van der Waals surface area (Å²) in [4.78, 5) is 18.2. The van der Waals surface area contributed by atoms with E-state index in [1.54, 1.807) is 12.4 Å². The molecule has 0 fully saturated rings. The Hall–Kier alpha value is -3.25. The first-order valence-electron chi connectivity index (χ1n) is 9.01. The molecule has 0 bridgehead atoms. The van der Waals surface area contributed by atoms with E-state index in [9.17, 15) is 4.79 Å². The van der Waals surface area contributed by atoms with E-state index in [4.69, 9.17) is 5.10 Å². The molecule has 140 valence electrons. The summed E-state index contributed by atoms with van der Waals surface area (Å²) in [5.41, 5.74) is 4.41. The summed E-state index contributed by atoms with van der Waals surface area (Å²) in [6.07, 6.45) is 3.55. The highest BCUT2D eigenvalue weighted by atomic mass is 32.1. The molecule has 0 spiro atoms. The molecule has 0 saturated heterocycles. The van der Waals surface area contributed by atoms with Crippen LogP contribution in [-0.4, -0.2) is 20.7 Å². The fraction of sp³-hybridized carbons (Fsp3) is 0.136. The fourth-order valence-corrected chi connectivity index (χ4v) is 3.60. The molecule has 6 heteroatoms. The van der Waals surface area contributed by atoms with E-state index in [1.807, 2.05) is 73.1 Å². The van der Waals surface area contributed by atoms with E-state index in [2.05, 4.69) is 10.3 Å². The van der Waals surface area contributed by atoms with Gasteiger partial charge < -0.3 is 0 Å². The molecular weight excluding hydrogens is 368 g/mol. The number of thiazole rings is 1. The highest BCUT2D eigenvalue weighted by molar-refractivity contribution is 7.15. The lowest BCUT2D eigenvalue weighted by Gasteiger charge is -2.03. The molecule has 2 aromatic heterocycles. The summed E-state index contributed by atoms with van der Waals surface area (Å²) in [7, 11) is 0. The SMILES string of the molecule is Cc1ccc(-c2nn(Cc3ccccc3)cc2C(=O)Nc2ncc(C)s2)cc1. The van der Waals surface area contributed by atoms with E-state index < -0.39 is 0 Å². The van der Waals surface area contributed by atoms with Crippen molar-refractivity contribution >= 4 is 22.4 Å². The van der Waals surface area contributed by atoms with Gasteiger partial charge in [0, 0.05) is 22.8 Å². The second-order valence-electron chi connectivity index (χ2n) is 6.67. The van der Waals surface area contributed by atoms with Crippen molar-refractivity contribution in [2.24, 2.45) is 0 Å². The number of carbonyl (C=O) groups excluding carboxylic acids is 1. The number of amides is 1. The Morgan fingerprint density at radius 2 is 1.82 bits per heavy atom. The van der Waals surface area contributed by atoms with Crippen molar-refractivity contribution in [3.05, 3.63) is 88.6 Å². The number of nitrogens with zero attached hydrogens (tertiary/aromatic N) is 3. The summed E-state index contributed by atoms with van der Waals surface area (Å²) in [5.74, 6) is -0.204.